The van der Waals surface area contributed by atoms with E-state index >= 15 is 0 Å². The molecule has 0 unspecified atom stereocenters. The van der Waals surface area contributed by atoms with E-state index in [-0.39, 0.29) is 6.10 Å². The number of benzene rings is 1. The number of nitrogens with zero attached hydrogens (tertiary/aromatic N) is 1. The summed E-state index contributed by atoms with van der Waals surface area (Å²) in [5.74, 6) is 0. The van der Waals surface area contributed by atoms with Gasteiger partial charge in [-0.1, -0.05) is 17.7 Å². The molecule has 2 heterocycles. The number of ether oxygens (including phenoxy) is 1. The highest BCUT2D eigenvalue weighted by atomic mass is 35.5. The van der Waals surface area contributed by atoms with E-state index in [9.17, 15) is 0 Å². The zero-order valence-corrected chi connectivity index (χ0v) is 14.6. The molecule has 0 amide bonds. The highest BCUT2D eigenvalue weighted by molar-refractivity contribution is 6.33. The predicted molar refractivity (Wildman–Crippen MR) is 97.2 cm³/mol. The van der Waals surface area contributed by atoms with Crippen LogP contribution in [0.3, 0.4) is 0 Å². The van der Waals surface area contributed by atoms with Crippen molar-refractivity contribution in [2.45, 2.75) is 26.1 Å². The number of halogens is 1. The maximum atomic E-state index is 6.43. The first-order valence-electron chi connectivity index (χ1n) is 8.18. The highest BCUT2D eigenvalue weighted by Crippen LogP contribution is 2.28. The molecule has 0 radical (unpaired) electrons. The van der Waals surface area contributed by atoms with Crippen LogP contribution in [-0.4, -0.2) is 24.7 Å². The van der Waals surface area contributed by atoms with Crippen molar-refractivity contribution in [2.24, 2.45) is 5.73 Å². The molecular weight excluding hydrogens is 324 g/mol. The first-order valence-corrected chi connectivity index (χ1v) is 8.55. The van der Waals surface area contributed by atoms with Crippen LogP contribution in [0.25, 0.3) is 0 Å². The normalized spacial score (nSPS) is 17.7. The molecule has 1 saturated heterocycles. The fourth-order valence-corrected chi connectivity index (χ4v) is 3.13. The number of anilines is 1. The second-order valence-corrected chi connectivity index (χ2v) is 6.38. The lowest BCUT2D eigenvalue weighted by atomic mass is 10.1. The predicted octanol–water partition coefficient (Wildman–Crippen LogP) is 2.78. The summed E-state index contributed by atoms with van der Waals surface area (Å²) >= 11 is 6.43. The van der Waals surface area contributed by atoms with Crippen molar-refractivity contribution in [1.29, 1.82) is 0 Å². The van der Waals surface area contributed by atoms with Crippen molar-refractivity contribution in [3.05, 3.63) is 57.9 Å². The average molecular weight is 347 g/mol. The quantitative estimate of drug-likeness (QED) is 0.776. The van der Waals surface area contributed by atoms with Gasteiger partial charge in [0, 0.05) is 31.9 Å². The third-order valence-corrected chi connectivity index (χ3v) is 4.36. The van der Waals surface area contributed by atoms with E-state index in [0.29, 0.717) is 18.1 Å². The summed E-state index contributed by atoms with van der Waals surface area (Å²) in [6.45, 7) is 5.55. The maximum absolute atomic E-state index is 6.43. The van der Waals surface area contributed by atoms with Crippen molar-refractivity contribution in [3.8, 4) is 0 Å². The van der Waals surface area contributed by atoms with Gasteiger partial charge in [-0.2, -0.15) is 0 Å². The van der Waals surface area contributed by atoms with Crippen LogP contribution in [0.4, 0.5) is 5.69 Å². The van der Waals surface area contributed by atoms with Gasteiger partial charge in [-0.15, -0.1) is 0 Å². The zero-order valence-electron chi connectivity index (χ0n) is 13.8. The summed E-state index contributed by atoms with van der Waals surface area (Å²) < 4.78 is 5.77. The van der Waals surface area contributed by atoms with E-state index in [1.165, 1.54) is 0 Å². The van der Waals surface area contributed by atoms with Gasteiger partial charge in [0.15, 0.2) is 0 Å². The molecule has 5 nitrogen and oxygen atoms in total. The summed E-state index contributed by atoms with van der Waals surface area (Å²) in [6, 6.07) is 10.1. The largest absolute Gasteiger partial charge is 0.380 e. The molecule has 1 aromatic carbocycles. The first kappa shape index (κ1) is 17.2. The number of morpholine rings is 1. The topological polar surface area (TPSA) is 72.2 Å². The van der Waals surface area contributed by atoms with Gasteiger partial charge < -0.3 is 21.1 Å². The fourth-order valence-electron chi connectivity index (χ4n) is 2.87. The molecule has 6 heteroatoms. The van der Waals surface area contributed by atoms with Gasteiger partial charge in [-0.05, 0) is 42.3 Å². The number of aryl methyl sites for hydroxylation is 1. The lowest BCUT2D eigenvalue weighted by Gasteiger charge is -2.24. The number of hydrogen-bond donors (Lipinski definition) is 3. The molecule has 24 heavy (non-hydrogen) atoms. The molecule has 0 aliphatic carbocycles. The van der Waals surface area contributed by atoms with Gasteiger partial charge in [0.1, 0.15) is 0 Å². The Labute approximate surface area is 147 Å². The van der Waals surface area contributed by atoms with Crippen LogP contribution >= 0.6 is 11.6 Å². The summed E-state index contributed by atoms with van der Waals surface area (Å²) in [5.41, 5.74) is 10.7. The van der Waals surface area contributed by atoms with Gasteiger partial charge in [-0.3, -0.25) is 4.98 Å². The molecule has 0 saturated carbocycles. The van der Waals surface area contributed by atoms with Crippen LogP contribution in [-0.2, 0) is 17.8 Å². The summed E-state index contributed by atoms with van der Waals surface area (Å²) in [5, 5.41) is 7.41. The van der Waals surface area contributed by atoms with E-state index in [4.69, 9.17) is 22.1 Å². The minimum atomic E-state index is 0.0697. The number of nitrogens with one attached hydrogen (secondary N) is 2. The van der Waals surface area contributed by atoms with E-state index in [1.807, 2.05) is 25.1 Å². The van der Waals surface area contributed by atoms with Crippen LogP contribution < -0.4 is 16.4 Å². The van der Waals surface area contributed by atoms with Crippen LogP contribution in [0, 0.1) is 6.92 Å². The van der Waals surface area contributed by atoms with Gasteiger partial charge in [-0.25, -0.2) is 0 Å². The smallest absolute Gasteiger partial charge is 0.0950 e. The van der Waals surface area contributed by atoms with Crippen LogP contribution in [0.5, 0.6) is 0 Å². The van der Waals surface area contributed by atoms with Crippen LogP contribution in [0.1, 0.15) is 28.6 Å². The van der Waals surface area contributed by atoms with Gasteiger partial charge in [0.05, 0.1) is 29.1 Å². The molecule has 0 bridgehead atoms. The van der Waals surface area contributed by atoms with E-state index in [1.54, 1.807) is 0 Å². The minimum Gasteiger partial charge on any atom is -0.380 e. The molecular formula is C18H23ClN4O. The van der Waals surface area contributed by atoms with Crippen molar-refractivity contribution >= 4 is 17.3 Å². The lowest BCUT2D eigenvalue weighted by molar-refractivity contribution is 0.0277. The molecule has 1 atom stereocenters. The van der Waals surface area contributed by atoms with Gasteiger partial charge in [0.25, 0.3) is 0 Å². The Bertz CT molecular complexity index is 701. The molecule has 1 fully saturated rings. The Balaban J connectivity index is 1.68. The standard InChI is InChI=1S/C18H23ClN4O/c1-12-6-13(7-15(9-20)23-12)10-22-17-3-2-14(8-16(17)19)18-11-21-4-5-24-18/h2-3,6-8,18,21-22H,4-5,9-11,20H2,1H3/t18-/m1/s1. The first-order chi connectivity index (χ1) is 11.7. The van der Waals surface area contributed by atoms with Gasteiger partial charge >= 0.3 is 0 Å². The average Bonchev–Trinajstić information content (AvgIpc) is 2.61. The molecule has 4 N–H and O–H groups in total. The number of aromatic nitrogens is 1. The van der Waals surface area contributed by atoms with Crippen molar-refractivity contribution < 1.29 is 4.74 Å². The second-order valence-electron chi connectivity index (χ2n) is 5.97. The monoisotopic (exact) mass is 346 g/mol. The Kier molecular flexibility index (Phi) is 5.68. The molecule has 1 aliphatic heterocycles. The number of nitrogens with two attached hydrogens (primary N) is 1. The van der Waals surface area contributed by atoms with Crippen molar-refractivity contribution in [3.63, 3.8) is 0 Å². The minimum absolute atomic E-state index is 0.0697. The molecule has 128 valence electrons. The lowest BCUT2D eigenvalue weighted by Crippen LogP contribution is -2.33. The summed E-state index contributed by atoms with van der Waals surface area (Å²) in [7, 11) is 0. The van der Waals surface area contributed by atoms with E-state index in [2.05, 4.69) is 27.8 Å². The van der Waals surface area contributed by atoms with Crippen molar-refractivity contribution in [2.75, 3.05) is 25.0 Å². The van der Waals surface area contributed by atoms with Gasteiger partial charge in [0.2, 0.25) is 0 Å². The molecule has 0 spiro atoms. The second kappa shape index (κ2) is 7.94. The Morgan fingerprint density at radius 3 is 2.96 bits per heavy atom. The maximum Gasteiger partial charge on any atom is 0.0950 e. The van der Waals surface area contributed by atoms with Crippen LogP contribution in [0.15, 0.2) is 30.3 Å². The number of pyridine rings is 1. The third kappa shape index (κ3) is 4.24. The molecule has 1 aromatic heterocycles. The Morgan fingerprint density at radius 2 is 2.25 bits per heavy atom. The highest BCUT2D eigenvalue weighted by Gasteiger charge is 2.16. The number of rotatable bonds is 5. The summed E-state index contributed by atoms with van der Waals surface area (Å²) in [6.07, 6.45) is 0.0697. The zero-order chi connectivity index (χ0) is 16.9. The molecule has 2 aromatic rings. The van der Waals surface area contributed by atoms with E-state index < -0.39 is 0 Å². The third-order valence-electron chi connectivity index (χ3n) is 4.05. The number of hydrogen-bond acceptors (Lipinski definition) is 5. The summed E-state index contributed by atoms with van der Waals surface area (Å²) in [4.78, 5) is 4.39. The molecule has 1 aliphatic rings. The van der Waals surface area contributed by atoms with E-state index in [0.717, 1.165) is 47.9 Å². The fraction of sp³-hybridized carbons (Fsp3) is 0.389. The Hall–Kier alpha value is -1.66. The molecule has 3 rings (SSSR count). The van der Waals surface area contributed by atoms with Crippen LogP contribution in [0.2, 0.25) is 5.02 Å². The van der Waals surface area contributed by atoms with Crippen molar-refractivity contribution in [1.82, 2.24) is 10.3 Å². The SMILES string of the molecule is Cc1cc(CNc2ccc([C@H]3CNCCO3)cc2Cl)cc(CN)n1. The Morgan fingerprint density at radius 1 is 1.38 bits per heavy atom.